The van der Waals surface area contributed by atoms with Crippen molar-refractivity contribution in [3.8, 4) is 0 Å². The van der Waals surface area contributed by atoms with E-state index in [1.54, 1.807) is 24.7 Å². The van der Waals surface area contributed by atoms with Gasteiger partial charge in [0.05, 0.1) is 18.6 Å². The number of hydrogen-bond donors (Lipinski definition) is 1. The van der Waals surface area contributed by atoms with Crippen molar-refractivity contribution in [3.05, 3.63) is 58.8 Å². The normalized spacial score (nSPS) is 12.6. The number of hydrogen-bond acceptors (Lipinski definition) is 2. The molecule has 0 saturated carbocycles. The van der Waals surface area contributed by atoms with Crippen LogP contribution in [0.4, 0.5) is 4.39 Å². The molecule has 1 atom stereocenters. The molecule has 0 aliphatic rings. The Balaban J connectivity index is 2.00. The Labute approximate surface area is 104 Å². The third-order valence-corrected chi connectivity index (χ3v) is 2.87. The van der Waals surface area contributed by atoms with Crippen LogP contribution < -0.4 is 0 Å². The molecular formula is C13H12ClFO2. The summed E-state index contributed by atoms with van der Waals surface area (Å²) in [5.74, 6) is -0.372. The molecule has 90 valence electrons. The van der Waals surface area contributed by atoms with Crippen LogP contribution in [-0.4, -0.2) is 11.2 Å². The molecule has 0 bridgehead atoms. The van der Waals surface area contributed by atoms with E-state index >= 15 is 0 Å². The summed E-state index contributed by atoms with van der Waals surface area (Å²) in [6, 6.07) is 5.99. The molecule has 0 fully saturated rings. The molecule has 1 heterocycles. The fourth-order valence-electron chi connectivity index (χ4n) is 1.69. The van der Waals surface area contributed by atoms with Crippen LogP contribution in [0.5, 0.6) is 0 Å². The van der Waals surface area contributed by atoms with Crippen molar-refractivity contribution in [2.45, 2.75) is 18.9 Å². The Hall–Kier alpha value is -1.32. The summed E-state index contributed by atoms with van der Waals surface area (Å²) < 4.78 is 17.7. The molecule has 2 aromatic rings. The van der Waals surface area contributed by atoms with Gasteiger partial charge in [0.15, 0.2) is 0 Å². The maximum absolute atomic E-state index is 12.8. The van der Waals surface area contributed by atoms with Crippen LogP contribution in [0.2, 0.25) is 5.02 Å². The van der Waals surface area contributed by atoms with Crippen molar-refractivity contribution in [1.82, 2.24) is 0 Å². The van der Waals surface area contributed by atoms with Crippen molar-refractivity contribution in [3.63, 3.8) is 0 Å². The van der Waals surface area contributed by atoms with Gasteiger partial charge < -0.3 is 9.52 Å². The summed E-state index contributed by atoms with van der Waals surface area (Å²) in [4.78, 5) is 0. The molecule has 1 aromatic heterocycles. The number of rotatable bonds is 4. The van der Waals surface area contributed by atoms with Gasteiger partial charge in [-0.15, -0.1) is 0 Å². The van der Waals surface area contributed by atoms with Gasteiger partial charge in [0.1, 0.15) is 5.82 Å². The van der Waals surface area contributed by atoms with Gasteiger partial charge in [-0.25, -0.2) is 4.39 Å². The minimum absolute atomic E-state index is 0.344. The maximum atomic E-state index is 12.8. The number of aliphatic hydroxyl groups is 1. The van der Waals surface area contributed by atoms with Crippen LogP contribution in [0.25, 0.3) is 0 Å². The standard InChI is InChI=1S/C13H12ClFO2/c14-13-7-11(15)2-1-10(13)6-12(16)5-9-3-4-17-8-9/h1-4,7-8,12,16H,5-6H2. The van der Waals surface area contributed by atoms with Gasteiger partial charge in [0.25, 0.3) is 0 Å². The monoisotopic (exact) mass is 254 g/mol. The minimum atomic E-state index is -0.560. The van der Waals surface area contributed by atoms with Gasteiger partial charge in [-0.05, 0) is 29.3 Å². The van der Waals surface area contributed by atoms with Gasteiger partial charge in [0, 0.05) is 17.9 Å². The zero-order valence-electron chi connectivity index (χ0n) is 9.07. The molecule has 1 aromatic carbocycles. The number of aliphatic hydroxyl groups excluding tert-OH is 1. The highest BCUT2D eigenvalue weighted by atomic mass is 35.5. The van der Waals surface area contributed by atoms with E-state index in [1.807, 2.05) is 0 Å². The predicted molar refractivity (Wildman–Crippen MR) is 63.5 cm³/mol. The van der Waals surface area contributed by atoms with Gasteiger partial charge in [-0.2, -0.15) is 0 Å². The molecule has 17 heavy (non-hydrogen) atoms. The molecule has 0 aliphatic carbocycles. The average Bonchev–Trinajstić information content (AvgIpc) is 2.75. The van der Waals surface area contributed by atoms with E-state index in [9.17, 15) is 9.50 Å². The van der Waals surface area contributed by atoms with E-state index in [-0.39, 0.29) is 5.82 Å². The Morgan fingerprint density at radius 1 is 1.29 bits per heavy atom. The summed E-state index contributed by atoms with van der Waals surface area (Å²) in [5, 5.41) is 10.2. The number of furan rings is 1. The number of benzene rings is 1. The first kappa shape index (κ1) is 12.1. The lowest BCUT2D eigenvalue weighted by Crippen LogP contribution is -2.13. The Kier molecular flexibility index (Phi) is 3.82. The van der Waals surface area contributed by atoms with E-state index in [0.29, 0.717) is 17.9 Å². The molecule has 2 rings (SSSR count). The average molecular weight is 255 g/mol. The van der Waals surface area contributed by atoms with E-state index in [1.165, 1.54) is 12.1 Å². The fraction of sp³-hybridized carbons (Fsp3) is 0.231. The van der Waals surface area contributed by atoms with Crippen molar-refractivity contribution >= 4 is 11.6 Å². The predicted octanol–water partition coefficient (Wildman–Crippen LogP) is 3.22. The highest BCUT2D eigenvalue weighted by Crippen LogP contribution is 2.19. The van der Waals surface area contributed by atoms with Crippen molar-refractivity contribution in [2.75, 3.05) is 0 Å². The number of halogens is 2. The van der Waals surface area contributed by atoms with Crippen LogP contribution >= 0.6 is 11.6 Å². The van der Waals surface area contributed by atoms with Crippen molar-refractivity contribution < 1.29 is 13.9 Å². The lowest BCUT2D eigenvalue weighted by molar-refractivity contribution is 0.175. The molecular weight excluding hydrogens is 243 g/mol. The first-order chi connectivity index (χ1) is 8.15. The van der Waals surface area contributed by atoms with Crippen LogP contribution in [0.3, 0.4) is 0 Å². The Morgan fingerprint density at radius 3 is 2.76 bits per heavy atom. The molecule has 0 aliphatic heterocycles. The fourth-order valence-corrected chi connectivity index (χ4v) is 1.94. The molecule has 4 heteroatoms. The Morgan fingerprint density at radius 2 is 2.12 bits per heavy atom. The summed E-state index contributed by atoms with van der Waals surface area (Å²) >= 11 is 5.89. The summed E-state index contributed by atoms with van der Waals surface area (Å²) in [7, 11) is 0. The van der Waals surface area contributed by atoms with Gasteiger partial charge >= 0.3 is 0 Å². The third kappa shape index (κ3) is 3.32. The van der Waals surface area contributed by atoms with Crippen molar-refractivity contribution in [2.24, 2.45) is 0 Å². The molecule has 0 spiro atoms. The van der Waals surface area contributed by atoms with Crippen LogP contribution in [-0.2, 0) is 12.8 Å². The lowest BCUT2D eigenvalue weighted by Gasteiger charge is -2.10. The zero-order chi connectivity index (χ0) is 12.3. The summed E-state index contributed by atoms with van der Waals surface area (Å²) in [6.07, 6.45) is 3.48. The van der Waals surface area contributed by atoms with E-state index in [4.69, 9.17) is 16.0 Å². The maximum Gasteiger partial charge on any atom is 0.124 e. The summed E-state index contributed by atoms with van der Waals surface area (Å²) in [6.45, 7) is 0. The van der Waals surface area contributed by atoms with E-state index in [0.717, 1.165) is 11.1 Å². The van der Waals surface area contributed by atoms with Crippen LogP contribution in [0.15, 0.2) is 41.2 Å². The molecule has 0 amide bonds. The van der Waals surface area contributed by atoms with E-state index in [2.05, 4.69) is 0 Å². The quantitative estimate of drug-likeness (QED) is 0.909. The highest BCUT2D eigenvalue weighted by Gasteiger charge is 2.10. The van der Waals surface area contributed by atoms with Gasteiger partial charge in [0.2, 0.25) is 0 Å². The third-order valence-electron chi connectivity index (χ3n) is 2.52. The van der Waals surface area contributed by atoms with Crippen LogP contribution in [0.1, 0.15) is 11.1 Å². The second kappa shape index (κ2) is 5.34. The van der Waals surface area contributed by atoms with Crippen LogP contribution in [0, 0.1) is 5.82 Å². The topological polar surface area (TPSA) is 33.4 Å². The lowest BCUT2D eigenvalue weighted by atomic mass is 10.0. The van der Waals surface area contributed by atoms with E-state index < -0.39 is 6.10 Å². The molecule has 0 saturated heterocycles. The Bertz CT molecular complexity index is 482. The second-order valence-electron chi connectivity index (χ2n) is 3.93. The highest BCUT2D eigenvalue weighted by molar-refractivity contribution is 6.31. The molecule has 0 radical (unpaired) electrons. The largest absolute Gasteiger partial charge is 0.472 e. The van der Waals surface area contributed by atoms with Gasteiger partial charge in [-0.1, -0.05) is 17.7 Å². The van der Waals surface area contributed by atoms with Gasteiger partial charge in [-0.3, -0.25) is 0 Å². The van der Waals surface area contributed by atoms with Crippen molar-refractivity contribution in [1.29, 1.82) is 0 Å². The minimum Gasteiger partial charge on any atom is -0.472 e. The molecule has 2 nitrogen and oxygen atoms in total. The smallest absolute Gasteiger partial charge is 0.124 e. The second-order valence-corrected chi connectivity index (χ2v) is 4.34. The zero-order valence-corrected chi connectivity index (χ0v) is 9.82. The first-order valence-corrected chi connectivity index (χ1v) is 5.66. The first-order valence-electron chi connectivity index (χ1n) is 5.28. The molecule has 1 unspecified atom stereocenters. The summed E-state index contributed by atoms with van der Waals surface area (Å²) in [5.41, 5.74) is 1.67. The SMILES string of the molecule is OC(Cc1ccoc1)Cc1ccc(F)cc1Cl. The molecule has 1 N–H and O–H groups in total.